The van der Waals surface area contributed by atoms with E-state index in [4.69, 9.17) is 4.74 Å². The molecule has 1 atom stereocenters. The van der Waals surface area contributed by atoms with Crippen LogP contribution in [0.4, 0.5) is 0 Å². The maximum atomic E-state index is 12.0. The van der Waals surface area contributed by atoms with Crippen LogP contribution in [0.2, 0.25) is 0 Å². The third-order valence-corrected chi connectivity index (χ3v) is 4.86. The number of nitrogens with one attached hydrogen (secondary N) is 2. The smallest absolute Gasteiger partial charge is 0.233 e. The van der Waals surface area contributed by atoms with Gasteiger partial charge in [-0.2, -0.15) is 0 Å². The molecule has 2 fully saturated rings. The van der Waals surface area contributed by atoms with Gasteiger partial charge in [0.05, 0.1) is 19.3 Å². The quantitative estimate of drug-likeness (QED) is 0.779. The van der Waals surface area contributed by atoms with Crippen LogP contribution in [0.25, 0.3) is 0 Å². The van der Waals surface area contributed by atoms with Gasteiger partial charge < -0.3 is 20.3 Å². The van der Waals surface area contributed by atoms with Gasteiger partial charge in [0.2, 0.25) is 5.91 Å². The molecule has 5 nitrogen and oxygen atoms in total. The normalized spacial score (nSPS) is 23.4. The molecule has 1 heterocycles. The van der Waals surface area contributed by atoms with Gasteiger partial charge in [0.1, 0.15) is 0 Å². The van der Waals surface area contributed by atoms with E-state index in [1.165, 1.54) is 5.56 Å². The molecule has 23 heavy (non-hydrogen) atoms. The Hall–Kier alpha value is -1.43. The average molecular weight is 317 g/mol. The van der Waals surface area contributed by atoms with Gasteiger partial charge in [0, 0.05) is 31.6 Å². The van der Waals surface area contributed by atoms with Crippen molar-refractivity contribution in [3.05, 3.63) is 35.9 Å². The van der Waals surface area contributed by atoms with Gasteiger partial charge >= 0.3 is 0 Å². The molecule has 1 aliphatic carbocycles. The summed E-state index contributed by atoms with van der Waals surface area (Å²) in [6.07, 6.45) is 2.50. The minimum absolute atomic E-state index is 0.0661. The zero-order valence-electron chi connectivity index (χ0n) is 13.9. The second-order valence-corrected chi connectivity index (χ2v) is 6.81. The van der Waals surface area contributed by atoms with Crippen LogP contribution < -0.4 is 10.6 Å². The number of likely N-dealkylation sites (N-methyl/N-ethyl adjacent to an activating group) is 1. The minimum Gasteiger partial charge on any atom is -0.374 e. The first kappa shape index (κ1) is 16.4. The molecule has 1 aromatic rings. The van der Waals surface area contributed by atoms with Crippen LogP contribution in [-0.2, 0) is 14.9 Å². The zero-order valence-corrected chi connectivity index (χ0v) is 13.9. The van der Waals surface area contributed by atoms with Crippen molar-refractivity contribution in [1.29, 1.82) is 0 Å². The molecular weight excluding hydrogens is 290 g/mol. The molecule has 2 aliphatic rings. The fourth-order valence-electron chi connectivity index (χ4n) is 3.18. The van der Waals surface area contributed by atoms with Crippen LogP contribution in [0.5, 0.6) is 0 Å². The highest BCUT2D eigenvalue weighted by Crippen LogP contribution is 2.47. The van der Waals surface area contributed by atoms with Gasteiger partial charge in [-0.3, -0.25) is 4.79 Å². The molecule has 0 bridgehead atoms. The van der Waals surface area contributed by atoms with E-state index in [-0.39, 0.29) is 17.4 Å². The van der Waals surface area contributed by atoms with Crippen molar-refractivity contribution in [3.8, 4) is 0 Å². The van der Waals surface area contributed by atoms with Crippen molar-refractivity contribution >= 4 is 5.91 Å². The number of carbonyl (C=O) groups excluding carboxylic acids is 1. The highest BCUT2D eigenvalue weighted by molar-refractivity contribution is 5.78. The number of nitrogens with zero attached hydrogens (tertiary/aromatic N) is 1. The summed E-state index contributed by atoms with van der Waals surface area (Å²) in [5.41, 5.74) is 1.51. The van der Waals surface area contributed by atoms with E-state index in [1.54, 1.807) is 0 Å². The first-order valence-electron chi connectivity index (χ1n) is 8.51. The summed E-state index contributed by atoms with van der Waals surface area (Å²) in [6.45, 7) is 4.50. The SMILES string of the molecule is CN1CCOC(CNCC(=O)NCC2(c3ccccc3)CC2)C1. The number of hydrogen-bond acceptors (Lipinski definition) is 4. The molecule has 0 aromatic heterocycles. The summed E-state index contributed by atoms with van der Waals surface area (Å²) in [5, 5.41) is 6.29. The molecule has 126 valence electrons. The molecule has 2 N–H and O–H groups in total. The Kier molecular flexibility index (Phi) is 5.30. The maximum Gasteiger partial charge on any atom is 0.233 e. The number of morpholine rings is 1. The summed E-state index contributed by atoms with van der Waals surface area (Å²) in [6, 6.07) is 10.5. The van der Waals surface area contributed by atoms with E-state index in [2.05, 4.69) is 46.8 Å². The average Bonchev–Trinajstić information content (AvgIpc) is 3.35. The first-order valence-corrected chi connectivity index (χ1v) is 8.51. The monoisotopic (exact) mass is 317 g/mol. The predicted octanol–water partition coefficient (Wildman–Crippen LogP) is 0.755. The molecule has 0 spiro atoms. The molecular formula is C18H27N3O2. The Bertz CT molecular complexity index is 516. The summed E-state index contributed by atoms with van der Waals surface area (Å²) < 4.78 is 5.68. The van der Waals surface area contributed by atoms with Crippen LogP contribution in [0.3, 0.4) is 0 Å². The molecule has 1 amide bonds. The molecule has 1 aliphatic heterocycles. The summed E-state index contributed by atoms with van der Waals surface area (Å²) in [5.74, 6) is 0.0661. The summed E-state index contributed by atoms with van der Waals surface area (Å²) in [4.78, 5) is 14.3. The standard InChI is InChI=1S/C18H27N3O2/c1-21-9-10-23-16(13-21)11-19-12-17(22)20-14-18(7-8-18)15-5-3-2-4-6-15/h2-6,16,19H,7-14H2,1H3,(H,20,22). The van der Waals surface area contributed by atoms with Crippen molar-refractivity contribution < 1.29 is 9.53 Å². The fraction of sp³-hybridized carbons (Fsp3) is 0.611. The lowest BCUT2D eigenvalue weighted by Gasteiger charge is -2.30. The zero-order chi connectivity index (χ0) is 16.1. The first-order chi connectivity index (χ1) is 11.2. The lowest BCUT2D eigenvalue weighted by molar-refractivity contribution is -0.120. The molecule has 1 unspecified atom stereocenters. The molecule has 1 saturated heterocycles. The molecule has 1 saturated carbocycles. The van der Waals surface area contributed by atoms with Crippen LogP contribution in [0.15, 0.2) is 30.3 Å². The lowest BCUT2D eigenvalue weighted by Crippen LogP contribution is -2.46. The Morgan fingerprint density at radius 3 is 2.83 bits per heavy atom. The summed E-state index contributed by atoms with van der Waals surface area (Å²) >= 11 is 0. The Balaban J connectivity index is 1.35. The van der Waals surface area contributed by atoms with E-state index in [9.17, 15) is 4.79 Å². The predicted molar refractivity (Wildman–Crippen MR) is 90.5 cm³/mol. The third kappa shape index (κ3) is 4.53. The lowest BCUT2D eigenvalue weighted by atomic mass is 9.96. The molecule has 3 rings (SSSR count). The number of hydrogen-bond donors (Lipinski definition) is 2. The third-order valence-electron chi connectivity index (χ3n) is 4.86. The topological polar surface area (TPSA) is 53.6 Å². The molecule has 1 aromatic carbocycles. The highest BCUT2D eigenvalue weighted by atomic mass is 16.5. The molecule has 5 heteroatoms. The van der Waals surface area contributed by atoms with Gasteiger partial charge in [-0.15, -0.1) is 0 Å². The minimum atomic E-state index is 0.0661. The van der Waals surface area contributed by atoms with Crippen molar-refractivity contribution in [2.45, 2.75) is 24.4 Å². The second kappa shape index (κ2) is 7.43. The number of benzene rings is 1. The number of ether oxygens (including phenoxy) is 1. The highest BCUT2D eigenvalue weighted by Gasteiger charge is 2.44. The Labute approximate surface area is 138 Å². The van der Waals surface area contributed by atoms with Gasteiger partial charge in [-0.25, -0.2) is 0 Å². The van der Waals surface area contributed by atoms with Crippen molar-refractivity contribution in [1.82, 2.24) is 15.5 Å². The Morgan fingerprint density at radius 1 is 1.35 bits per heavy atom. The van der Waals surface area contributed by atoms with Crippen LogP contribution in [0, 0.1) is 0 Å². The van der Waals surface area contributed by atoms with Crippen LogP contribution in [-0.4, -0.2) is 63.3 Å². The van der Waals surface area contributed by atoms with E-state index < -0.39 is 0 Å². The second-order valence-electron chi connectivity index (χ2n) is 6.81. The summed E-state index contributed by atoms with van der Waals surface area (Å²) in [7, 11) is 2.10. The van der Waals surface area contributed by atoms with Gasteiger partial charge in [-0.1, -0.05) is 30.3 Å². The number of carbonyl (C=O) groups is 1. The van der Waals surface area contributed by atoms with Gasteiger partial charge in [0.25, 0.3) is 0 Å². The Morgan fingerprint density at radius 2 is 2.13 bits per heavy atom. The maximum absolute atomic E-state index is 12.0. The number of amides is 1. The molecule has 0 radical (unpaired) electrons. The van der Waals surface area contributed by atoms with Crippen molar-refractivity contribution in [2.75, 3.05) is 46.4 Å². The number of rotatable bonds is 7. The van der Waals surface area contributed by atoms with Crippen LogP contribution >= 0.6 is 0 Å². The van der Waals surface area contributed by atoms with Crippen molar-refractivity contribution in [2.24, 2.45) is 0 Å². The van der Waals surface area contributed by atoms with Gasteiger partial charge in [-0.05, 0) is 25.5 Å². The van der Waals surface area contributed by atoms with E-state index in [0.29, 0.717) is 6.54 Å². The fourth-order valence-corrected chi connectivity index (χ4v) is 3.18. The van der Waals surface area contributed by atoms with E-state index in [0.717, 1.165) is 45.6 Å². The van der Waals surface area contributed by atoms with Crippen molar-refractivity contribution in [3.63, 3.8) is 0 Å². The van der Waals surface area contributed by atoms with E-state index >= 15 is 0 Å². The van der Waals surface area contributed by atoms with E-state index in [1.807, 2.05) is 6.07 Å². The largest absolute Gasteiger partial charge is 0.374 e. The van der Waals surface area contributed by atoms with Crippen LogP contribution in [0.1, 0.15) is 18.4 Å². The van der Waals surface area contributed by atoms with Gasteiger partial charge in [0.15, 0.2) is 0 Å².